The quantitative estimate of drug-likeness (QED) is 0.574. The summed E-state index contributed by atoms with van der Waals surface area (Å²) in [5, 5.41) is 3.46. The van der Waals surface area contributed by atoms with E-state index in [1.165, 1.54) is 11.2 Å². The van der Waals surface area contributed by atoms with Gasteiger partial charge >= 0.3 is 0 Å². The average Bonchev–Trinajstić information content (AvgIpc) is 2.90. The highest BCUT2D eigenvalue weighted by molar-refractivity contribution is 5.92. The summed E-state index contributed by atoms with van der Waals surface area (Å²) in [6.45, 7) is 3.16. The van der Waals surface area contributed by atoms with E-state index in [0.29, 0.717) is 11.5 Å². The number of nitrogens with one attached hydrogen (secondary N) is 1. The van der Waals surface area contributed by atoms with Gasteiger partial charge in [-0.3, -0.25) is 9.78 Å². The second-order valence-corrected chi connectivity index (χ2v) is 9.19. The molecule has 0 unspecified atom stereocenters. The van der Waals surface area contributed by atoms with Crippen LogP contribution in [0.1, 0.15) is 36.2 Å². The van der Waals surface area contributed by atoms with Crippen molar-refractivity contribution in [2.24, 2.45) is 0 Å². The Hall–Kier alpha value is -3.53. The van der Waals surface area contributed by atoms with Gasteiger partial charge in [0.1, 0.15) is 29.1 Å². The van der Waals surface area contributed by atoms with Gasteiger partial charge in [0.15, 0.2) is 0 Å². The first kappa shape index (κ1) is 23.2. The standard InChI is InChI=1S/C25H31N7O3/c1-31(2)25(33)21-15-23(29-16-28-21)30-17-3-5-19(6-4-17)35-22-14-18(32-9-11-34-12-10-32)13-20-24(22)27-8-7-26-20/h7-8,13-17,19H,3-6,9-12H2,1-2H3,(H,28,29,30)/t17-,19+. The van der Waals surface area contributed by atoms with Gasteiger partial charge in [-0.2, -0.15) is 0 Å². The number of carbonyl (C=O) groups excluding carboxylic acids is 1. The third-order valence-electron chi connectivity index (χ3n) is 6.51. The first-order valence-electron chi connectivity index (χ1n) is 12.1. The zero-order valence-corrected chi connectivity index (χ0v) is 20.2. The van der Waals surface area contributed by atoms with Gasteiger partial charge in [0.2, 0.25) is 0 Å². The lowest BCUT2D eigenvalue weighted by molar-refractivity contribution is 0.0822. The number of carbonyl (C=O) groups is 1. The van der Waals surface area contributed by atoms with Crippen LogP contribution in [0.5, 0.6) is 5.75 Å². The van der Waals surface area contributed by atoms with Gasteiger partial charge in [-0.15, -0.1) is 0 Å². The van der Waals surface area contributed by atoms with Gasteiger partial charge in [0, 0.05) is 63.4 Å². The second kappa shape index (κ2) is 10.4. The molecule has 0 bridgehead atoms. The van der Waals surface area contributed by atoms with Gasteiger partial charge in [-0.25, -0.2) is 15.0 Å². The number of amides is 1. The van der Waals surface area contributed by atoms with Gasteiger partial charge in [0.05, 0.1) is 24.8 Å². The Morgan fingerprint density at radius 3 is 2.57 bits per heavy atom. The highest BCUT2D eigenvalue weighted by Crippen LogP contribution is 2.33. The van der Waals surface area contributed by atoms with Crippen molar-refractivity contribution >= 4 is 28.4 Å². The fourth-order valence-electron chi connectivity index (χ4n) is 4.62. The number of nitrogens with zero attached hydrogens (tertiary/aromatic N) is 6. The molecule has 0 radical (unpaired) electrons. The summed E-state index contributed by atoms with van der Waals surface area (Å²) in [4.78, 5) is 33.5. The molecule has 1 N–H and O–H groups in total. The fourth-order valence-corrected chi connectivity index (χ4v) is 4.62. The van der Waals surface area contributed by atoms with Crippen LogP contribution in [0, 0.1) is 0 Å². The summed E-state index contributed by atoms with van der Waals surface area (Å²) >= 11 is 0. The number of fused-ring (bicyclic) bond motifs is 1. The first-order chi connectivity index (χ1) is 17.1. The van der Waals surface area contributed by atoms with Crippen molar-refractivity contribution in [1.82, 2.24) is 24.8 Å². The third-order valence-corrected chi connectivity index (χ3v) is 6.51. The normalized spacial score (nSPS) is 20.5. The van der Waals surface area contributed by atoms with E-state index in [1.54, 1.807) is 32.6 Å². The van der Waals surface area contributed by atoms with Crippen LogP contribution in [0.25, 0.3) is 11.0 Å². The van der Waals surface area contributed by atoms with E-state index in [1.807, 2.05) is 0 Å². The molecule has 1 aliphatic heterocycles. The van der Waals surface area contributed by atoms with Gasteiger partial charge in [-0.1, -0.05) is 0 Å². The van der Waals surface area contributed by atoms with Crippen LogP contribution in [-0.2, 0) is 4.74 Å². The third kappa shape index (κ3) is 5.43. The molecule has 184 valence electrons. The van der Waals surface area contributed by atoms with Crippen molar-refractivity contribution in [3.8, 4) is 5.75 Å². The lowest BCUT2D eigenvalue weighted by Crippen LogP contribution is -2.36. The maximum Gasteiger partial charge on any atom is 0.272 e. The van der Waals surface area contributed by atoms with E-state index in [4.69, 9.17) is 9.47 Å². The fraction of sp³-hybridized carbons (Fsp3) is 0.480. The zero-order chi connectivity index (χ0) is 24.2. The molecule has 1 aliphatic carbocycles. The van der Waals surface area contributed by atoms with Crippen LogP contribution in [0.15, 0.2) is 36.9 Å². The molecular weight excluding hydrogens is 446 g/mol. The lowest BCUT2D eigenvalue weighted by Gasteiger charge is -2.31. The zero-order valence-electron chi connectivity index (χ0n) is 20.2. The van der Waals surface area contributed by atoms with Crippen molar-refractivity contribution in [2.75, 3.05) is 50.6 Å². The van der Waals surface area contributed by atoms with Crippen LogP contribution >= 0.6 is 0 Å². The molecule has 1 amide bonds. The van der Waals surface area contributed by atoms with Crippen molar-refractivity contribution in [2.45, 2.75) is 37.8 Å². The summed E-state index contributed by atoms with van der Waals surface area (Å²) in [7, 11) is 3.43. The number of ether oxygens (including phenoxy) is 2. The highest BCUT2D eigenvalue weighted by Gasteiger charge is 2.25. The van der Waals surface area contributed by atoms with Gasteiger partial charge in [0.25, 0.3) is 5.91 Å². The minimum absolute atomic E-state index is 0.106. The summed E-state index contributed by atoms with van der Waals surface area (Å²) in [5.41, 5.74) is 3.12. The minimum Gasteiger partial charge on any atom is -0.488 e. The number of aromatic nitrogens is 4. The Morgan fingerprint density at radius 1 is 1.03 bits per heavy atom. The number of rotatable bonds is 6. The molecule has 35 heavy (non-hydrogen) atoms. The molecule has 10 heteroatoms. The Morgan fingerprint density at radius 2 is 1.80 bits per heavy atom. The Labute approximate surface area is 204 Å². The summed E-state index contributed by atoms with van der Waals surface area (Å²) in [6.07, 6.45) is 8.68. The van der Waals surface area contributed by atoms with Gasteiger partial charge in [-0.05, 0) is 31.7 Å². The molecule has 1 saturated carbocycles. The summed E-state index contributed by atoms with van der Waals surface area (Å²) in [6, 6.07) is 6.16. The van der Waals surface area contributed by atoms with Gasteiger partial charge < -0.3 is 24.6 Å². The van der Waals surface area contributed by atoms with Crippen LogP contribution in [0.3, 0.4) is 0 Å². The minimum atomic E-state index is -0.137. The smallest absolute Gasteiger partial charge is 0.272 e. The Kier molecular flexibility index (Phi) is 6.89. The lowest BCUT2D eigenvalue weighted by atomic mass is 9.93. The van der Waals surface area contributed by atoms with Crippen molar-refractivity contribution in [3.05, 3.63) is 42.6 Å². The number of morpholine rings is 1. The number of anilines is 2. The SMILES string of the molecule is CN(C)C(=O)c1cc(N[C@H]2CC[C@@H](Oc3cc(N4CCOCC4)cc4nccnc34)CC2)ncn1. The van der Waals surface area contributed by atoms with E-state index in [2.05, 4.69) is 42.3 Å². The van der Waals surface area contributed by atoms with Crippen molar-refractivity contribution in [1.29, 1.82) is 0 Å². The van der Waals surface area contributed by atoms with Crippen LogP contribution in [0.2, 0.25) is 0 Å². The van der Waals surface area contributed by atoms with E-state index in [-0.39, 0.29) is 18.1 Å². The maximum atomic E-state index is 12.2. The molecule has 0 spiro atoms. The van der Waals surface area contributed by atoms with Crippen LogP contribution in [-0.4, -0.2) is 83.3 Å². The first-order valence-corrected chi connectivity index (χ1v) is 12.1. The van der Waals surface area contributed by atoms with E-state index in [0.717, 1.165) is 74.5 Å². The molecule has 2 aliphatic rings. The molecule has 1 saturated heterocycles. The monoisotopic (exact) mass is 477 g/mol. The highest BCUT2D eigenvalue weighted by atomic mass is 16.5. The molecule has 2 fully saturated rings. The molecular formula is C25H31N7O3. The molecule has 5 rings (SSSR count). The van der Waals surface area contributed by atoms with E-state index < -0.39 is 0 Å². The van der Waals surface area contributed by atoms with E-state index in [9.17, 15) is 4.79 Å². The molecule has 1 aromatic carbocycles. The summed E-state index contributed by atoms with van der Waals surface area (Å²) < 4.78 is 12.0. The number of hydrogen-bond acceptors (Lipinski definition) is 9. The predicted molar refractivity (Wildman–Crippen MR) is 133 cm³/mol. The summed E-state index contributed by atoms with van der Waals surface area (Å²) in [5.74, 6) is 1.33. The second-order valence-electron chi connectivity index (χ2n) is 9.19. The van der Waals surface area contributed by atoms with Crippen molar-refractivity contribution in [3.63, 3.8) is 0 Å². The molecule has 3 heterocycles. The van der Waals surface area contributed by atoms with Crippen LogP contribution < -0.4 is 15.0 Å². The van der Waals surface area contributed by atoms with Crippen molar-refractivity contribution < 1.29 is 14.3 Å². The predicted octanol–water partition coefficient (Wildman–Crippen LogP) is 2.76. The molecule has 10 nitrogen and oxygen atoms in total. The maximum absolute atomic E-state index is 12.2. The number of benzene rings is 1. The molecule has 2 aromatic heterocycles. The molecule has 3 aromatic rings. The largest absolute Gasteiger partial charge is 0.488 e. The average molecular weight is 478 g/mol. The van der Waals surface area contributed by atoms with E-state index >= 15 is 0 Å². The van der Waals surface area contributed by atoms with Crippen LogP contribution in [0.4, 0.5) is 11.5 Å². The molecule has 0 atom stereocenters. The number of hydrogen-bond donors (Lipinski definition) is 1. The Balaban J connectivity index is 1.24. The Bertz CT molecular complexity index is 1170. The topological polar surface area (TPSA) is 106 Å².